The van der Waals surface area contributed by atoms with Gasteiger partial charge in [0.2, 0.25) is 10.0 Å². The molecule has 0 spiro atoms. The van der Waals surface area contributed by atoms with Crippen LogP contribution in [0.2, 0.25) is 0 Å². The number of carbonyl (C=O) groups is 3. The summed E-state index contributed by atoms with van der Waals surface area (Å²) < 4.78 is 26.0. The molecule has 0 aliphatic heterocycles. The Labute approximate surface area is 186 Å². The van der Waals surface area contributed by atoms with Crippen molar-refractivity contribution < 1.29 is 22.8 Å². The molecule has 1 aliphatic rings. The van der Waals surface area contributed by atoms with Crippen molar-refractivity contribution in [3.63, 3.8) is 0 Å². The summed E-state index contributed by atoms with van der Waals surface area (Å²) in [7, 11) is -2.57. The Morgan fingerprint density at radius 1 is 1.03 bits per heavy atom. The van der Waals surface area contributed by atoms with Gasteiger partial charge in [-0.2, -0.15) is 4.31 Å². The van der Waals surface area contributed by atoms with Crippen LogP contribution in [0, 0.1) is 6.92 Å². The normalized spacial score (nSPS) is 13.3. The van der Waals surface area contributed by atoms with Crippen molar-refractivity contribution in [2.24, 2.45) is 0 Å². The van der Waals surface area contributed by atoms with Gasteiger partial charge in [0.15, 0.2) is 0 Å². The molecule has 2 aromatic carbocycles. The quantitative estimate of drug-likeness (QED) is 0.464. The molecule has 32 heavy (non-hydrogen) atoms. The van der Waals surface area contributed by atoms with E-state index in [1.807, 2.05) is 6.92 Å². The standard InChI is InChI=1S/C21H25N5O5S/c1-14-6-10-18(11-7-14)32(30,31)26(2)13-19(27)24-25-20(28)15-4-3-5-17(12-15)23-21(29)22-16-8-9-16/h3-7,10-12,16H,8-9,13H2,1-2H3,(H,24,27)(H,25,28)(H2,22,23,29). The molecule has 0 bridgehead atoms. The Hall–Kier alpha value is -3.44. The van der Waals surface area contributed by atoms with Crippen molar-refractivity contribution in [2.75, 3.05) is 18.9 Å². The van der Waals surface area contributed by atoms with Gasteiger partial charge < -0.3 is 10.6 Å². The molecule has 10 nitrogen and oxygen atoms in total. The zero-order chi connectivity index (χ0) is 23.3. The maximum absolute atomic E-state index is 12.6. The van der Waals surface area contributed by atoms with Crippen LogP contribution in [0.5, 0.6) is 0 Å². The minimum atomic E-state index is -3.85. The summed E-state index contributed by atoms with van der Waals surface area (Å²) in [4.78, 5) is 36.4. The molecule has 1 saturated carbocycles. The fourth-order valence-electron chi connectivity index (χ4n) is 2.73. The molecule has 2 aromatic rings. The number of sulfonamides is 1. The molecular weight excluding hydrogens is 434 g/mol. The van der Waals surface area contributed by atoms with Crippen LogP contribution in [0.15, 0.2) is 53.4 Å². The number of hydrogen-bond acceptors (Lipinski definition) is 5. The summed E-state index contributed by atoms with van der Waals surface area (Å²) in [6.07, 6.45) is 1.91. The first-order valence-electron chi connectivity index (χ1n) is 9.95. The van der Waals surface area contributed by atoms with Crippen molar-refractivity contribution in [2.45, 2.75) is 30.7 Å². The van der Waals surface area contributed by atoms with Crippen LogP contribution in [-0.4, -0.2) is 50.2 Å². The van der Waals surface area contributed by atoms with Gasteiger partial charge in [0.25, 0.3) is 11.8 Å². The first-order chi connectivity index (χ1) is 15.1. The Morgan fingerprint density at radius 2 is 1.72 bits per heavy atom. The van der Waals surface area contributed by atoms with Gasteiger partial charge in [-0.3, -0.25) is 20.4 Å². The predicted octanol–water partition coefficient (Wildman–Crippen LogP) is 1.36. The van der Waals surface area contributed by atoms with Gasteiger partial charge in [-0.15, -0.1) is 0 Å². The third-order valence-electron chi connectivity index (χ3n) is 4.71. The van der Waals surface area contributed by atoms with Crippen LogP contribution in [0.4, 0.5) is 10.5 Å². The molecule has 0 unspecified atom stereocenters. The smallest absolute Gasteiger partial charge is 0.319 e. The minimum Gasteiger partial charge on any atom is -0.335 e. The average molecular weight is 460 g/mol. The van der Waals surface area contributed by atoms with E-state index in [2.05, 4.69) is 21.5 Å². The van der Waals surface area contributed by atoms with Gasteiger partial charge >= 0.3 is 6.03 Å². The van der Waals surface area contributed by atoms with E-state index in [1.165, 1.54) is 31.3 Å². The van der Waals surface area contributed by atoms with Gasteiger partial charge in [0.1, 0.15) is 0 Å². The van der Waals surface area contributed by atoms with Gasteiger partial charge in [0, 0.05) is 24.3 Å². The van der Waals surface area contributed by atoms with Gasteiger partial charge in [-0.1, -0.05) is 23.8 Å². The number of urea groups is 1. The molecule has 0 aromatic heterocycles. The Morgan fingerprint density at radius 3 is 2.38 bits per heavy atom. The van der Waals surface area contributed by atoms with Crippen LogP contribution in [-0.2, 0) is 14.8 Å². The zero-order valence-corrected chi connectivity index (χ0v) is 18.5. The van der Waals surface area contributed by atoms with Crippen molar-refractivity contribution in [3.8, 4) is 0 Å². The number of carbonyl (C=O) groups excluding carboxylic acids is 3. The number of anilines is 1. The molecule has 1 fully saturated rings. The lowest BCUT2D eigenvalue weighted by Gasteiger charge is -2.17. The molecule has 4 N–H and O–H groups in total. The lowest BCUT2D eigenvalue weighted by molar-refractivity contribution is -0.121. The highest BCUT2D eigenvalue weighted by molar-refractivity contribution is 7.89. The summed E-state index contributed by atoms with van der Waals surface area (Å²) in [5, 5.41) is 5.42. The van der Waals surface area contributed by atoms with Crippen LogP contribution in [0.25, 0.3) is 0 Å². The van der Waals surface area contributed by atoms with E-state index in [1.54, 1.807) is 24.3 Å². The summed E-state index contributed by atoms with van der Waals surface area (Å²) in [5.41, 5.74) is 5.97. The van der Waals surface area contributed by atoms with E-state index in [4.69, 9.17) is 0 Å². The second-order valence-corrected chi connectivity index (χ2v) is 9.57. The van der Waals surface area contributed by atoms with E-state index < -0.39 is 28.4 Å². The molecule has 1 aliphatic carbocycles. The molecular formula is C21H25N5O5S. The number of hydrazine groups is 1. The van der Waals surface area contributed by atoms with E-state index >= 15 is 0 Å². The summed E-state index contributed by atoms with van der Waals surface area (Å²) in [5.74, 6) is -1.33. The van der Waals surface area contributed by atoms with Crippen molar-refractivity contribution in [1.82, 2.24) is 20.5 Å². The second kappa shape index (κ2) is 9.79. The molecule has 0 heterocycles. The van der Waals surface area contributed by atoms with Gasteiger partial charge in [0.05, 0.1) is 11.4 Å². The molecule has 0 saturated heterocycles. The summed E-state index contributed by atoms with van der Waals surface area (Å²) in [6, 6.07) is 12.3. The van der Waals surface area contributed by atoms with Crippen molar-refractivity contribution in [3.05, 3.63) is 59.7 Å². The topological polar surface area (TPSA) is 137 Å². The monoisotopic (exact) mass is 459 g/mol. The Balaban J connectivity index is 1.51. The summed E-state index contributed by atoms with van der Waals surface area (Å²) in [6.45, 7) is 1.35. The van der Waals surface area contributed by atoms with Crippen LogP contribution in [0.1, 0.15) is 28.8 Å². The third-order valence-corrected chi connectivity index (χ3v) is 6.52. The Bertz CT molecular complexity index is 1110. The zero-order valence-electron chi connectivity index (χ0n) is 17.7. The van der Waals surface area contributed by atoms with E-state index in [-0.39, 0.29) is 22.5 Å². The Kier molecular flexibility index (Phi) is 7.11. The number of benzene rings is 2. The fraction of sp³-hybridized carbons (Fsp3) is 0.286. The first-order valence-corrected chi connectivity index (χ1v) is 11.4. The minimum absolute atomic E-state index is 0.0671. The highest BCUT2D eigenvalue weighted by Crippen LogP contribution is 2.19. The van der Waals surface area contributed by atoms with E-state index in [9.17, 15) is 22.8 Å². The number of nitrogens with one attached hydrogen (secondary N) is 4. The highest BCUT2D eigenvalue weighted by Gasteiger charge is 2.24. The number of likely N-dealkylation sites (N-methyl/N-ethyl adjacent to an activating group) is 1. The van der Waals surface area contributed by atoms with E-state index in [0.717, 1.165) is 22.7 Å². The van der Waals surface area contributed by atoms with E-state index in [0.29, 0.717) is 5.69 Å². The molecule has 0 atom stereocenters. The number of aryl methyl sites for hydroxylation is 1. The molecule has 11 heteroatoms. The van der Waals surface area contributed by atoms with Crippen LogP contribution >= 0.6 is 0 Å². The van der Waals surface area contributed by atoms with Crippen LogP contribution < -0.4 is 21.5 Å². The van der Waals surface area contributed by atoms with Gasteiger partial charge in [-0.25, -0.2) is 13.2 Å². The number of amides is 4. The summed E-state index contributed by atoms with van der Waals surface area (Å²) >= 11 is 0. The average Bonchev–Trinajstić information content (AvgIpc) is 3.56. The second-order valence-electron chi connectivity index (χ2n) is 7.53. The SMILES string of the molecule is Cc1ccc(S(=O)(=O)N(C)CC(=O)NNC(=O)c2cccc(NC(=O)NC3CC3)c2)cc1. The highest BCUT2D eigenvalue weighted by atomic mass is 32.2. The third kappa shape index (κ3) is 6.28. The lowest BCUT2D eigenvalue weighted by atomic mass is 10.2. The van der Waals surface area contributed by atoms with Crippen LogP contribution in [0.3, 0.4) is 0 Å². The maximum Gasteiger partial charge on any atom is 0.319 e. The molecule has 0 radical (unpaired) electrons. The largest absolute Gasteiger partial charge is 0.335 e. The number of rotatable bonds is 7. The maximum atomic E-state index is 12.6. The van der Waals surface area contributed by atoms with Crippen molar-refractivity contribution in [1.29, 1.82) is 0 Å². The lowest BCUT2D eigenvalue weighted by Crippen LogP contribution is -2.46. The van der Waals surface area contributed by atoms with Crippen molar-refractivity contribution >= 4 is 33.6 Å². The fourth-order valence-corrected chi connectivity index (χ4v) is 3.86. The molecule has 4 amide bonds. The molecule has 3 rings (SSSR count). The first kappa shape index (κ1) is 23.2. The molecule has 170 valence electrons. The predicted molar refractivity (Wildman–Crippen MR) is 118 cm³/mol. The number of nitrogens with zero attached hydrogens (tertiary/aromatic N) is 1. The van der Waals surface area contributed by atoms with Gasteiger partial charge in [-0.05, 0) is 50.1 Å². The number of hydrogen-bond donors (Lipinski definition) is 4.